The zero-order valence-corrected chi connectivity index (χ0v) is 18.4. The molecule has 0 spiro atoms. The van der Waals surface area contributed by atoms with Gasteiger partial charge in [-0.3, -0.25) is 0 Å². The van der Waals surface area contributed by atoms with Gasteiger partial charge in [0.1, 0.15) is 0 Å². The van der Waals surface area contributed by atoms with E-state index in [2.05, 4.69) is 16.2 Å². The first kappa shape index (κ1) is 20.6. The Bertz CT molecular complexity index is 1480. The van der Waals surface area contributed by atoms with Crippen molar-refractivity contribution in [3.63, 3.8) is 0 Å². The molecule has 2 aromatic heterocycles. The van der Waals surface area contributed by atoms with Crippen molar-refractivity contribution in [1.29, 1.82) is 0 Å². The van der Waals surface area contributed by atoms with Crippen molar-refractivity contribution in [2.45, 2.75) is 6.92 Å². The fourth-order valence-electron chi connectivity index (χ4n) is 3.81. The van der Waals surface area contributed by atoms with Gasteiger partial charge in [-0.1, -0.05) is 0 Å². The normalized spacial score (nSPS) is 10.7. The Labute approximate surface area is 191 Å². The molecule has 0 aliphatic carbocycles. The maximum absolute atomic E-state index is 13.4. The van der Waals surface area contributed by atoms with Crippen LogP contribution in [0.1, 0.15) is 5.69 Å². The van der Waals surface area contributed by atoms with Crippen molar-refractivity contribution in [3.8, 4) is 5.69 Å². The van der Waals surface area contributed by atoms with Crippen molar-refractivity contribution in [3.05, 3.63) is 101 Å². The molecular weight excluding hydrogens is 411 g/mol. The van der Waals surface area contributed by atoms with E-state index < -0.39 is 0 Å². The molecule has 0 atom stereocenters. The molecule has 0 fully saturated rings. The molecule has 7 nitrogen and oxygen atoms in total. The van der Waals surface area contributed by atoms with Crippen LogP contribution in [0, 0.1) is 6.92 Å². The van der Waals surface area contributed by atoms with Gasteiger partial charge in [0, 0.05) is 0 Å². The third kappa shape index (κ3) is 3.98. The number of rotatable bonds is 6. The molecule has 0 unspecified atom stereocenters. The molecule has 0 saturated heterocycles. The van der Waals surface area contributed by atoms with Gasteiger partial charge in [0.15, 0.2) is 0 Å². The molecule has 3 N–H and O–H groups in total. The Balaban J connectivity index is 1.56. The molecule has 0 aliphatic heterocycles. The van der Waals surface area contributed by atoms with E-state index in [0.717, 1.165) is 27.9 Å². The Morgan fingerprint density at radius 3 is 2.27 bits per heavy atom. The number of fused-ring (bicyclic) bond motifs is 1. The van der Waals surface area contributed by atoms with Gasteiger partial charge in [-0.2, -0.15) is 0 Å². The van der Waals surface area contributed by atoms with E-state index >= 15 is 0 Å². The minimum atomic E-state index is -0.128. The minimum absolute atomic E-state index is 0.128. The molecule has 2 heterocycles. The van der Waals surface area contributed by atoms with E-state index in [-0.39, 0.29) is 5.56 Å². The van der Waals surface area contributed by atoms with Gasteiger partial charge < -0.3 is 0 Å². The van der Waals surface area contributed by atoms with E-state index in [9.17, 15) is 4.79 Å². The van der Waals surface area contributed by atoms with Crippen molar-refractivity contribution >= 4 is 40.5 Å². The van der Waals surface area contributed by atoms with Crippen LogP contribution in [-0.4, -0.2) is 21.3 Å². The SMILES string of the molecule is Cc1c(Nc2bc3ccccc3nc2NNc2ccccc2)c(=O)n(-c2ccccc2)n1C. The third-order valence-electron chi connectivity index (χ3n) is 5.64. The van der Waals surface area contributed by atoms with Gasteiger partial charge in [0.25, 0.3) is 0 Å². The summed E-state index contributed by atoms with van der Waals surface area (Å²) in [5, 5.41) is 4.32. The van der Waals surface area contributed by atoms with Crippen molar-refractivity contribution in [2.75, 3.05) is 16.2 Å². The summed E-state index contributed by atoms with van der Waals surface area (Å²) in [6.45, 7) is 3.92. The second-order valence-corrected chi connectivity index (χ2v) is 7.75. The molecule has 0 aliphatic rings. The Morgan fingerprint density at radius 1 is 0.848 bits per heavy atom. The molecule has 162 valence electrons. The average molecular weight is 434 g/mol. The molecule has 0 bridgehead atoms. The molecule has 5 rings (SSSR count). The van der Waals surface area contributed by atoms with E-state index in [1.54, 1.807) is 4.68 Å². The summed E-state index contributed by atoms with van der Waals surface area (Å²) in [5.74, 6) is 0.589. The summed E-state index contributed by atoms with van der Waals surface area (Å²) >= 11 is 0. The van der Waals surface area contributed by atoms with Crippen LogP contribution < -0.4 is 21.7 Å². The van der Waals surface area contributed by atoms with Gasteiger partial charge in [-0.05, 0) is 0 Å². The fraction of sp³-hybridized carbons (Fsp3) is 0.0800. The first-order chi connectivity index (χ1) is 16.1. The number of nitrogens with one attached hydrogen (secondary N) is 3. The van der Waals surface area contributed by atoms with Gasteiger partial charge in [-0.15, -0.1) is 0 Å². The third-order valence-corrected chi connectivity index (χ3v) is 5.64. The predicted molar refractivity (Wildman–Crippen MR) is 136 cm³/mol. The van der Waals surface area contributed by atoms with Crippen LogP contribution in [0.3, 0.4) is 0 Å². The number of hydrogen-bond donors (Lipinski definition) is 3. The molecular formula is C25H23BN6O. The number of aromatic nitrogens is 3. The van der Waals surface area contributed by atoms with Crippen LogP contribution in [0.4, 0.5) is 22.8 Å². The van der Waals surface area contributed by atoms with Gasteiger partial charge in [0.05, 0.1) is 0 Å². The molecule has 0 radical (unpaired) electrons. The second-order valence-electron chi connectivity index (χ2n) is 7.75. The van der Waals surface area contributed by atoms with Crippen molar-refractivity contribution in [1.82, 2.24) is 14.3 Å². The van der Waals surface area contributed by atoms with Crippen LogP contribution in [0.15, 0.2) is 89.7 Å². The van der Waals surface area contributed by atoms with E-state index in [1.807, 2.05) is 110 Å². The van der Waals surface area contributed by atoms with Crippen LogP contribution in [0.25, 0.3) is 16.5 Å². The molecule has 3 aromatic carbocycles. The number of nitrogens with zero attached hydrogens (tertiary/aromatic N) is 3. The van der Waals surface area contributed by atoms with Crippen LogP contribution in [0.2, 0.25) is 0 Å². The van der Waals surface area contributed by atoms with E-state index in [1.165, 1.54) is 0 Å². The number of anilines is 4. The number of hydrazine groups is 1. The van der Waals surface area contributed by atoms with Crippen molar-refractivity contribution < 1.29 is 0 Å². The summed E-state index contributed by atoms with van der Waals surface area (Å²) < 4.78 is 3.51. The maximum atomic E-state index is 13.4. The van der Waals surface area contributed by atoms with Crippen molar-refractivity contribution in [2.24, 2.45) is 7.05 Å². The monoisotopic (exact) mass is 434 g/mol. The second kappa shape index (κ2) is 8.66. The average Bonchev–Trinajstić information content (AvgIpc) is 3.06. The zero-order chi connectivity index (χ0) is 22.8. The molecule has 0 amide bonds. The summed E-state index contributed by atoms with van der Waals surface area (Å²) in [7, 11) is 1.88. The van der Waals surface area contributed by atoms with Crippen LogP contribution in [0.5, 0.6) is 0 Å². The summed E-state index contributed by atoms with van der Waals surface area (Å²) in [5.41, 5.74) is 10.8. The Morgan fingerprint density at radius 2 is 1.52 bits per heavy atom. The fourth-order valence-corrected chi connectivity index (χ4v) is 3.81. The Kier molecular flexibility index (Phi) is 5.40. The Hall–Kier alpha value is -4.33. The quantitative estimate of drug-likeness (QED) is 0.342. The van der Waals surface area contributed by atoms with Gasteiger partial charge in [-0.25, -0.2) is 0 Å². The number of benzene rings is 3. The molecule has 0 saturated carbocycles. The number of hydrogen-bond acceptors (Lipinski definition) is 5. The topological polar surface area (TPSA) is 75.9 Å². The van der Waals surface area contributed by atoms with Crippen LogP contribution in [-0.2, 0) is 7.05 Å². The van der Waals surface area contributed by atoms with E-state index in [0.29, 0.717) is 17.1 Å². The zero-order valence-electron chi connectivity index (χ0n) is 18.4. The van der Waals surface area contributed by atoms with Crippen LogP contribution >= 0.6 is 0 Å². The predicted octanol–water partition coefficient (Wildman–Crippen LogP) is 4.55. The summed E-state index contributed by atoms with van der Waals surface area (Å²) in [6.07, 6.45) is 0. The summed E-state index contributed by atoms with van der Waals surface area (Å²) in [4.78, 5) is 18.2. The number of para-hydroxylation sites is 3. The van der Waals surface area contributed by atoms with E-state index in [4.69, 9.17) is 4.98 Å². The standard InChI is InChI=1S/C25H23BN6O/c1-17-22(25(33)32(31(17)2)19-13-7-4-8-14-19)28-23-24(30-29-18-11-5-3-6-12-18)27-21-16-10-9-15-20(21)26-23/h3-16,28-29H,1-2H3,(H,27,30). The molecule has 8 heteroatoms. The first-order valence-corrected chi connectivity index (χ1v) is 10.7. The van der Waals surface area contributed by atoms with Gasteiger partial charge in [0.2, 0.25) is 0 Å². The molecule has 5 aromatic rings. The summed E-state index contributed by atoms with van der Waals surface area (Å²) in [6, 6.07) is 27.3. The molecule has 33 heavy (non-hydrogen) atoms. The first-order valence-electron chi connectivity index (χ1n) is 10.7. The van der Waals surface area contributed by atoms with Gasteiger partial charge >= 0.3 is 192 Å².